The van der Waals surface area contributed by atoms with Gasteiger partial charge in [-0.2, -0.15) is 0 Å². The van der Waals surface area contributed by atoms with Crippen molar-refractivity contribution in [1.29, 1.82) is 0 Å². The van der Waals surface area contributed by atoms with Crippen molar-refractivity contribution in [3.8, 4) is 0 Å². The normalized spacial score (nSPS) is 18.3. The highest BCUT2D eigenvalue weighted by atomic mass is 32.2. The molecule has 0 aliphatic carbocycles. The minimum Gasteiger partial charge on any atom is -0.338 e. The lowest BCUT2D eigenvalue weighted by molar-refractivity contribution is 1.02. The van der Waals surface area contributed by atoms with E-state index in [-0.39, 0.29) is 0 Å². The predicted molar refractivity (Wildman–Crippen MR) is 61.4 cm³/mol. The second kappa shape index (κ2) is 4.77. The Kier molecular flexibility index (Phi) is 3.38. The van der Waals surface area contributed by atoms with Crippen molar-refractivity contribution >= 4 is 29.3 Å². The van der Waals surface area contributed by atoms with Gasteiger partial charge in [0, 0.05) is 17.7 Å². The topological polar surface area (TPSA) is 16.1 Å². The van der Waals surface area contributed by atoms with Gasteiger partial charge in [0.25, 0.3) is 0 Å². The number of rotatable bonds is 1. The lowest BCUT2D eigenvalue weighted by Gasteiger charge is -2.19. The van der Waals surface area contributed by atoms with E-state index in [1.54, 1.807) is 0 Å². The second-order valence-electron chi connectivity index (χ2n) is 2.80. The molecule has 1 aliphatic heterocycles. The van der Waals surface area contributed by atoms with Crippen molar-refractivity contribution in [3.63, 3.8) is 0 Å². The van der Waals surface area contributed by atoms with Crippen LogP contribution in [0, 0.1) is 0 Å². The summed E-state index contributed by atoms with van der Waals surface area (Å²) in [5, 5.41) is 0. The quantitative estimate of drug-likeness (QED) is 0.709. The Morgan fingerprint density at radius 1 is 1.15 bits per heavy atom. The molecule has 4 heteroatoms. The van der Waals surface area contributed by atoms with Gasteiger partial charge in [-0.3, -0.25) is 0 Å². The predicted octanol–water partition coefficient (Wildman–Crippen LogP) is 2.28. The molecule has 0 N–H and O–H groups in total. The third-order valence-electron chi connectivity index (χ3n) is 1.84. The number of nitrogens with zero attached hydrogens (tertiary/aromatic N) is 2. The highest BCUT2D eigenvalue weighted by Crippen LogP contribution is 2.21. The Bertz CT molecular complexity index is 245. The zero-order valence-electron chi connectivity index (χ0n) is 7.35. The summed E-state index contributed by atoms with van der Waals surface area (Å²) in [6.07, 6.45) is 1.86. The van der Waals surface area contributed by atoms with Gasteiger partial charge in [-0.15, -0.1) is 23.5 Å². The van der Waals surface area contributed by atoms with Gasteiger partial charge in [0.1, 0.15) is 5.82 Å². The zero-order valence-corrected chi connectivity index (χ0v) is 8.98. The summed E-state index contributed by atoms with van der Waals surface area (Å²) in [6.45, 7) is 0. The number of pyridine rings is 1. The lowest BCUT2D eigenvalue weighted by atomic mass is 10.4. The molecule has 13 heavy (non-hydrogen) atoms. The summed E-state index contributed by atoms with van der Waals surface area (Å²) in [7, 11) is 0. The van der Waals surface area contributed by atoms with Crippen LogP contribution >= 0.6 is 23.5 Å². The molecule has 0 aromatic carbocycles. The maximum Gasteiger partial charge on any atom is 0.129 e. The summed E-state index contributed by atoms with van der Waals surface area (Å²) in [6, 6.07) is 6.08. The third-order valence-corrected chi connectivity index (χ3v) is 4.07. The van der Waals surface area contributed by atoms with Gasteiger partial charge in [0.15, 0.2) is 0 Å². The fourth-order valence-corrected chi connectivity index (χ4v) is 3.38. The maximum atomic E-state index is 4.34. The number of thioether (sulfide) groups is 2. The van der Waals surface area contributed by atoms with Crippen molar-refractivity contribution in [1.82, 2.24) is 4.98 Å². The summed E-state index contributed by atoms with van der Waals surface area (Å²) in [4.78, 5) is 6.67. The van der Waals surface area contributed by atoms with E-state index in [9.17, 15) is 0 Å². The highest BCUT2D eigenvalue weighted by molar-refractivity contribution is 8.03. The minimum atomic E-state index is 1.07. The molecule has 0 bridgehead atoms. The van der Waals surface area contributed by atoms with Crippen LogP contribution in [-0.4, -0.2) is 28.2 Å². The average Bonchev–Trinajstić information content (AvgIpc) is 2.47. The van der Waals surface area contributed by atoms with Gasteiger partial charge in [0.05, 0.1) is 11.8 Å². The van der Waals surface area contributed by atoms with E-state index in [4.69, 9.17) is 0 Å². The fraction of sp³-hybridized carbons (Fsp3) is 0.444. The van der Waals surface area contributed by atoms with Crippen molar-refractivity contribution in [2.45, 2.75) is 0 Å². The van der Waals surface area contributed by atoms with Crippen molar-refractivity contribution in [2.24, 2.45) is 0 Å². The Labute approximate surface area is 87.1 Å². The summed E-state index contributed by atoms with van der Waals surface area (Å²) < 4.78 is 0. The number of hydrogen-bond acceptors (Lipinski definition) is 4. The first-order valence-electron chi connectivity index (χ1n) is 4.28. The van der Waals surface area contributed by atoms with E-state index in [1.807, 2.05) is 41.9 Å². The van der Waals surface area contributed by atoms with Crippen LogP contribution in [-0.2, 0) is 0 Å². The molecular formula is C9H12N2S2. The molecule has 1 aromatic heterocycles. The Balaban J connectivity index is 2.06. The molecule has 0 radical (unpaired) electrons. The molecule has 1 saturated heterocycles. The first kappa shape index (κ1) is 9.21. The van der Waals surface area contributed by atoms with Crippen LogP contribution in [0.2, 0.25) is 0 Å². The molecule has 0 saturated carbocycles. The van der Waals surface area contributed by atoms with E-state index in [2.05, 4.69) is 16.0 Å². The largest absolute Gasteiger partial charge is 0.338 e. The summed E-state index contributed by atoms with van der Waals surface area (Å²) in [5.74, 6) is 5.76. The van der Waals surface area contributed by atoms with Gasteiger partial charge in [0.2, 0.25) is 0 Å². The van der Waals surface area contributed by atoms with Crippen LogP contribution in [0.5, 0.6) is 0 Å². The molecule has 2 heterocycles. The molecule has 2 rings (SSSR count). The van der Waals surface area contributed by atoms with Gasteiger partial charge in [-0.25, -0.2) is 4.98 Å². The monoisotopic (exact) mass is 212 g/mol. The second-order valence-corrected chi connectivity index (χ2v) is 4.95. The fourth-order valence-electron chi connectivity index (χ4n) is 1.18. The smallest absolute Gasteiger partial charge is 0.129 e. The molecule has 1 aromatic rings. The SMILES string of the molecule is c1ccc(N2CSCCSC2)nc1. The first-order valence-corrected chi connectivity index (χ1v) is 6.59. The van der Waals surface area contributed by atoms with Crippen molar-refractivity contribution < 1.29 is 0 Å². The zero-order chi connectivity index (χ0) is 8.93. The van der Waals surface area contributed by atoms with Crippen molar-refractivity contribution in [3.05, 3.63) is 24.4 Å². The van der Waals surface area contributed by atoms with Gasteiger partial charge in [-0.1, -0.05) is 6.07 Å². The van der Waals surface area contributed by atoms with E-state index < -0.39 is 0 Å². The Morgan fingerprint density at radius 2 is 1.92 bits per heavy atom. The summed E-state index contributed by atoms with van der Waals surface area (Å²) >= 11 is 3.97. The lowest BCUT2D eigenvalue weighted by Crippen LogP contribution is -2.21. The summed E-state index contributed by atoms with van der Waals surface area (Å²) in [5.41, 5.74) is 0. The van der Waals surface area contributed by atoms with E-state index in [1.165, 1.54) is 11.5 Å². The molecule has 1 fully saturated rings. The number of aromatic nitrogens is 1. The van der Waals surface area contributed by atoms with Gasteiger partial charge < -0.3 is 4.90 Å². The molecule has 70 valence electrons. The van der Waals surface area contributed by atoms with Crippen LogP contribution in [0.1, 0.15) is 0 Å². The maximum absolute atomic E-state index is 4.34. The van der Waals surface area contributed by atoms with E-state index >= 15 is 0 Å². The first-order chi connectivity index (χ1) is 6.47. The van der Waals surface area contributed by atoms with Crippen LogP contribution < -0.4 is 4.90 Å². The highest BCUT2D eigenvalue weighted by Gasteiger charge is 2.10. The standard InChI is InChI=1S/C9H12N2S2/c1-2-4-10-9(3-1)11-7-12-5-6-13-8-11/h1-4H,5-8H2. The average molecular weight is 212 g/mol. The Morgan fingerprint density at radius 3 is 2.54 bits per heavy atom. The molecule has 0 amide bonds. The van der Waals surface area contributed by atoms with Gasteiger partial charge in [-0.05, 0) is 12.1 Å². The molecule has 2 nitrogen and oxygen atoms in total. The van der Waals surface area contributed by atoms with Crippen LogP contribution in [0.3, 0.4) is 0 Å². The number of anilines is 1. The van der Waals surface area contributed by atoms with Crippen molar-refractivity contribution in [2.75, 3.05) is 28.2 Å². The van der Waals surface area contributed by atoms with Crippen LogP contribution in [0.15, 0.2) is 24.4 Å². The Hall–Kier alpha value is -0.350. The third kappa shape index (κ3) is 2.54. The van der Waals surface area contributed by atoms with Gasteiger partial charge >= 0.3 is 0 Å². The van der Waals surface area contributed by atoms with E-state index in [0.29, 0.717) is 0 Å². The molecular weight excluding hydrogens is 200 g/mol. The minimum absolute atomic E-state index is 1.07. The number of hydrogen-bond donors (Lipinski definition) is 0. The molecule has 0 spiro atoms. The van der Waals surface area contributed by atoms with E-state index in [0.717, 1.165) is 17.6 Å². The van der Waals surface area contributed by atoms with Crippen LogP contribution in [0.25, 0.3) is 0 Å². The van der Waals surface area contributed by atoms with Crippen LogP contribution in [0.4, 0.5) is 5.82 Å². The molecule has 1 aliphatic rings. The molecule has 0 atom stereocenters. The molecule has 0 unspecified atom stereocenters.